The number of nitrogens with one attached hydrogen (secondary N) is 1. The first-order valence-electron chi connectivity index (χ1n) is 11.8. The summed E-state index contributed by atoms with van der Waals surface area (Å²) in [5.74, 6) is 0.291. The van der Waals surface area contributed by atoms with Gasteiger partial charge in [0.25, 0.3) is 0 Å². The molecule has 1 N–H and O–H groups in total. The molecule has 3 aromatic carbocycles. The van der Waals surface area contributed by atoms with Gasteiger partial charge in [-0.25, -0.2) is 0 Å². The van der Waals surface area contributed by atoms with Crippen molar-refractivity contribution in [2.75, 3.05) is 7.05 Å². The molecule has 0 heterocycles. The van der Waals surface area contributed by atoms with Gasteiger partial charge >= 0.3 is 0 Å². The van der Waals surface area contributed by atoms with E-state index in [1.165, 1.54) is 5.56 Å². The van der Waals surface area contributed by atoms with E-state index in [-0.39, 0.29) is 11.8 Å². The van der Waals surface area contributed by atoms with Crippen LogP contribution in [0.4, 0.5) is 0 Å². The number of nitrogens with zero attached hydrogens (tertiary/aromatic N) is 1. The van der Waals surface area contributed by atoms with Gasteiger partial charge in [-0.3, -0.25) is 9.59 Å². The van der Waals surface area contributed by atoms with Gasteiger partial charge in [0, 0.05) is 30.9 Å². The van der Waals surface area contributed by atoms with Crippen molar-refractivity contribution in [3.8, 4) is 0 Å². The summed E-state index contributed by atoms with van der Waals surface area (Å²) in [6, 6.07) is 25.6. The molecule has 2 amide bonds. The van der Waals surface area contributed by atoms with Crippen LogP contribution in [0.3, 0.4) is 0 Å². The number of carbonyl (C=O) groups is 2. The lowest BCUT2D eigenvalue weighted by molar-refractivity contribution is -0.141. The first-order chi connectivity index (χ1) is 16.4. The van der Waals surface area contributed by atoms with Gasteiger partial charge in [-0.05, 0) is 46.7 Å². The zero-order chi connectivity index (χ0) is 24.5. The van der Waals surface area contributed by atoms with Gasteiger partial charge in [-0.1, -0.05) is 96.5 Å². The summed E-state index contributed by atoms with van der Waals surface area (Å²) in [4.78, 5) is 28.3. The van der Waals surface area contributed by atoms with Crippen LogP contribution in [-0.4, -0.2) is 29.8 Å². The highest BCUT2D eigenvalue weighted by atomic mass is 79.9. The molecule has 0 aliphatic rings. The lowest BCUT2D eigenvalue weighted by atomic mass is 9.99. The molecular formula is C29H33BrN2O2. The van der Waals surface area contributed by atoms with Crippen molar-refractivity contribution in [1.29, 1.82) is 0 Å². The van der Waals surface area contributed by atoms with E-state index in [1.54, 1.807) is 11.9 Å². The quantitative estimate of drug-likeness (QED) is 0.362. The van der Waals surface area contributed by atoms with E-state index in [9.17, 15) is 9.59 Å². The Labute approximate surface area is 211 Å². The summed E-state index contributed by atoms with van der Waals surface area (Å²) >= 11 is 3.47. The molecule has 4 nitrogen and oxygen atoms in total. The minimum Gasteiger partial charge on any atom is -0.357 e. The number of hydrogen-bond donors (Lipinski definition) is 1. The highest BCUT2D eigenvalue weighted by Gasteiger charge is 2.29. The summed E-state index contributed by atoms with van der Waals surface area (Å²) in [6.45, 7) is 4.72. The standard InChI is InChI=1S/C29H33BrN2O2/c1-21(2)25-14-9-22(10-15-25)13-18-28(33)32(20-24-11-16-26(30)17-12-24)27(29(34)31-3)19-23-7-5-4-6-8-23/h4-12,14-17,21,27H,13,18-20H2,1-3H3,(H,31,34). The number of halogens is 1. The monoisotopic (exact) mass is 520 g/mol. The predicted octanol–water partition coefficient (Wildman–Crippen LogP) is 5.89. The van der Waals surface area contributed by atoms with Crippen molar-refractivity contribution < 1.29 is 9.59 Å². The molecule has 5 heteroatoms. The second kappa shape index (κ2) is 12.5. The number of amides is 2. The molecule has 3 rings (SSSR count). The van der Waals surface area contributed by atoms with Crippen LogP contribution in [0, 0.1) is 0 Å². The second-order valence-corrected chi connectivity index (χ2v) is 9.78. The number of hydrogen-bond acceptors (Lipinski definition) is 2. The molecule has 1 atom stereocenters. The second-order valence-electron chi connectivity index (χ2n) is 8.86. The average molecular weight is 521 g/mol. The van der Waals surface area contributed by atoms with Crippen LogP contribution in [0.5, 0.6) is 0 Å². The number of carbonyl (C=O) groups excluding carboxylic acids is 2. The molecular weight excluding hydrogens is 488 g/mol. The Hall–Kier alpha value is -2.92. The van der Waals surface area contributed by atoms with E-state index < -0.39 is 6.04 Å². The minimum atomic E-state index is -0.591. The molecule has 34 heavy (non-hydrogen) atoms. The zero-order valence-corrected chi connectivity index (χ0v) is 21.7. The molecule has 0 aliphatic carbocycles. The zero-order valence-electron chi connectivity index (χ0n) is 20.1. The van der Waals surface area contributed by atoms with Crippen LogP contribution in [0.15, 0.2) is 83.3 Å². The molecule has 0 saturated heterocycles. The lowest BCUT2D eigenvalue weighted by Crippen LogP contribution is -2.49. The van der Waals surface area contributed by atoms with Crippen LogP contribution in [0.1, 0.15) is 48.4 Å². The number of likely N-dealkylation sites (N-methyl/N-ethyl adjacent to an activating group) is 1. The highest BCUT2D eigenvalue weighted by Crippen LogP contribution is 2.19. The van der Waals surface area contributed by atoms with Gasteiger partial charge in [-0.15, -0.1) is 0 Å². The van der Waals surface area contributed by atoms with E-state index in [0.717, 1.165) is 21.2 Å². The van der Waals surface area contributed by atoms with E-state index >= 15 is 0 Å². The fraction of sp³-hybridized carbons (Fsp3) is 0.310. The number of benzene rings is 3. The van der Waals surface area contributed by atoms with Crippen LogP contribution >= 0.6 is 15.9 Å². The van der Waals surface area contributed by atoms with Crippen LogP contribution < -0.4 is 5.32 Å². The Bertz CT molecular complexity index is 1060. The largest absolute Gasteiger partial charge is 0.357 e. The van der Waals surface area contributed by atoms with Crippen LogP contribution in [0.2, 0.25) is 0 Å². The first-order valence-corrected chi connectivity index (χ1v) is 12.5. The first kappa shape index (κ1) is 25.7. The van der Waals surface area contributed by atoms with Crippen molar-refractivity contribution >= 4 is 27.7 Å². The maximum Gasteiger partial charge on any atom is 0.242 e. The predicted molar refractivity (Wildman–Crippen MR) is 142 cm³/mol. The van der Waals surface area contributed by atoms with Gasteiger partial charge in [-0.2, -0.15) is 0 Å². The Morgan fingerprint density at radius 3 is 2.06 bits per heavy atom. The molecule has 0 aliphatic heterocycles. The average Bonchev–Trinajstić information content (AvgIpc) is 2.86. The van der Waals surface area contributed by atoms with Gasteiger partial charge in [0.2, 0.25) is 11.8 Å². The third-order valence-electron chi connectivity index (χ3n) is 6.06. The van der Waals surface area contributed by atoms with Crippen molar-refractivity contribution in [3.05, 3.63) is 106 Å². The smallest absolute Gasteiger partial charge is 0.242 e. The minimum absolute atomic E-state index is 0.0274. The summed E-state index contributed by atoms with van der Waals surface area (Å²) < 4.78 is 0.978. The SMILES string of the molecule is CNC(=O)C(Cc1ccccc1)N(Cc1ccc(Br)cc1)C(=O)CCc1ccc(C(C)C)cc1. The van der Waals surface area contributed by atoms with Crippen molar-refractivity contribution in [2.45, 2.75) is 51.6 Å². The fourth-order valence-electron chi connectivity index (χ4n) is 3.97. The highest BCUT2D eigenvalue weighted by molar-refractivity contribution is 9.10. The molecule has 3 aromatic rings. The van der Waals surface area contributed by atoms with E-state index in [4.69, 9.17) is 0 Å². The van der Waals surface area contributed by atoms with Gasteiger partial charge in [0.1, 0.15) is 6.04 Å². The van der Waals surface area contributed by atoms with E-state index in [2.05, 4.69) is 59.4 Å². The number of rotatable bonds is 10. The summed E-state index contributed by atoms with van der Waals surface area (Å²) in [6.07, 6.45) is 1.45. The number of aryl methyl sites for hydroxylation is 1. The van der Waals surface area contributed by atoms with Crippen molar-refractivity contribution in [1.82, 2.24) is 10.2 Å². The van der Waals surface area contributed by atoms with Crippen molar-refractivity contribution in [3.63, 3.8) is 0 Å². The lowest BCUT2D eigenvalue weighted by Gasteiger charge is -2.31. The molecule has 1 unspecified atom stereocenters. The van der Waals surface area contributed by atoms with E-state index in [0.29, 0.717) is 31.7 Å². The topological polar surface area (TPSA) is 49.4 Å². The Morgan fingerprint density at radius 1 is 0.853 bits per heavy atom. The molecule has 0 aromatic heterocycles. The maximum absolute atomic E-state index is 13.6. The molecule has 0 radical (unpaired) electrons. The molecule has 0 spiro atoms. The molecule has 0 fully saturated rings. The van der Waals surface area contributed by atoms with E-state index in [1.807, 2.05) is 54.6 Å². The molecule has 0 bridgehead atoms. The van der Waals surface area contributed by atoms with Crippen LogP contribution in [0.25, 0.3) is 0 Å². The van der Waals surface area contributed by atoms with Crippen LogP contribution in [-0.2, 0) is 29.0 Å². The Kier molecular flexibility index (Phi) is 9.46. The molecule has 0 saturated carbocycles. The van der Waals surface area contributed by atoms with Gasteiger partial charge < -0.3 is 10.2 Å². The Balaban J connectivity index is 1.83. The molecule has 178 valence electrons. The van der Waals surface area contributed by atoms with Crippen molar-refractivity contribution in [2.24, 2.45) is 0 Å². The normalized spacial score (nSPS) is 11.8. The third kappa shape index (κ3) is 7.29. The third-order valence-corrected chi connectivity index (χ3v) is 6.59. The Morgan fingerprint density at radius 2 is 1.47 bits per heavy atom. The van der Waals surface area contributed by atoms with Gasteiger partial charge in [0.15, 0.2) is 0 Å². The fourth-order valence-corrected chi connectivity index (χ4v) is 4.24. The summed E-state index contributed by atoms with van der Waals surface area (Å²) in [5.41, 5.74) is 4.42. The maximum atomic E-state index is 13.6. The van der Waals surface area contributed by atoms with Gasteiger partial charge in [0.05, 0.1) is 0 Å². The summed E-state index contributed by atoms with van der Waals surface area (Å²) in [7, 11) is 1.62. The summed E-state index contributed by atoms with van der Waals surface area (Å²) in [5, 5.41) is 2.77.